The van der Waals surface area contributed by atoms with Gasteiger partial charge in [0.2, 0.25) is 0 Å². The molecule has 120 valence electrons. The van der Waals surface area contributed by atoms with Gasteiger partial charge in [-0.15, -0.1) is 11.3 Å². The van der Waals surface area contributed by atoms with E-state index >= 15 is 0 Å². The fourth-order valence-electron chi connectivity index (χ4n) is 2.26. The van der Waals surface area contributed by atoms with Crippen LogP contribution in [0, 0.1) is 0 Å². The van der Waals surface area contributed by atoms with Crippen molar-refractivity contribution in [3.05, 3.63) is 46.2 Å². The van der Waals surface area contributed by atoms with Crippen LogP contribution in [0.5, 0.6) is 11.5 Å². The number of aromatic hydroxyl groups is 1. The van der Waals surface area contributed by atoms with Gasteiger partial charge in [-0.25, -0.2) is 0 Å². The van der Waals surface area contributed by atoms with E-state index in [0.29, 0.717) is 19.6 Å². The summed E-state index contributed by atoms with van der Waals surface area (Å²) in [5.74, 6) is 1.00. The Labute approximate surface area is 135 Å². The first-order chi connectivity index (χ1) is 10.6. The van der Waals surface area contributed by atoms with Gasteiger partial charge in [0.25, 0.3) is 0 Å². The average Bonchev–Trinajstić information content (AvgIpc) is 3.02. The fraction of sp³-hybridized carbons (Fsp3) is 0.412. The maximum Gasteiger partial charge on any atom is 0.120 e. The summed E-state index contributed by atoms with van der Waals surface area (Å²) < 4.78 is 5.44. The van der Waals surface area contributed by atoms with Crippen LogP contribution in [0.15, 0.2) is 35.7 Å². The summed E-state index contributed by atoms with van der Waals surface area (Å²) in [4.78, 5) is 0.981. The molecular weight excluding hydrogens is 298 g/mol. The number of nitrogens with one attached hydrogen (secondary N) is 1. The molecule has 2 unspecified atom stereocenters. The maximum absolute atomic E-state index is 10.1. The van der Waals surface area contributed by atoms with Gasteiger partial charge >= 0.3 is 0 Å². The number of phenolic OH excluding ortho intramolecular Hbond substituents is 1. The van der Waals surface area contributed by atoms with Gasteiger partial charge in [0.05, 0.1) is 12.7 Å². The number of ether oxygens (including phenoxy) is 1. The van der Waals surface area contributed by atoms with Gasteiger partial charge in [-0.05, 0) is 49.9 Å². The Morgan fingerprint density at radius 2 is 2.14 bits per heavy atom. The summed E-state index contributed by atoms with van der Waals surface area (Å²) >= 11 is 1.56. The Morgan fingerprint density at radius 1 is 1.32 bits per heavy atom. The minimum Gasteiger partial charge on any atom is -0.508 e. The minimum absolute atomic E-state index is 0.132. The highest BCUT2D eigenvalue weighted by Crippen LogP contribution is 2.25. The zero-order valence-corrected chi connectivity index (χ0v) is 13.8. The van der Waals surface area contributed by atoms with Crippen molar-refractivity contribution < 1.29 is 14.9 Å². The first-order valence-corrected chi connectivity index (χ1v) is 8.37. The Kier molecular flexibility index (Phi) is 6.24. The molecule has 3 N–H and O–H groups in total. The Morgan fingerprint density at radius 3 is 2.82 bits per heavy atom. The van der Waals surface area contributed by atoms with Crippen molar-refractivity contribution in [2.45, 2.75) is 39.0 Å². The molecule has 2 atom stereocenters. The summed E-state index contributed by atoms with van der Waals surface area (Å²) in [5.41, 5.74) is 0.795. The molecule has 0 amide bonds. The van der Waals surface area contributed by atoms with Crippen molar-refractivity contribution in [3.63, 3.8) is 0 Å². The predicted octanol–water partition coefficient (Wildman–Crippen LogP) is 3.45. The van der Waals surface area contributed by atoms with Crippen LogP contribution >= 0.6 is 11.3 Å². The van der Waals surface area contributed by atoms with Crippen molar-refractivity contribution in [2.24, 2.45) is 0 Å². The summed E-state index contributed by atoms with van der Waals surface area (Å²) in [6.45, 7) is 5.09. The lowest BCUT2D eigenvalue weighted by atomic mass is 10.1. The van der Waals surface area contributed by atoms with E-state index in [4.69, 9.17) is 4.74 Å². The van der Waals surface area contributed by atoms with Gasteiger partial charge in [-0.2, -0.15) is 0 Å². The fourth-order valence-corrected chi connectivity index (χ4v) is 2.98. The van der Waals surface area contributed by atoms with Crippen LogP contribution in [-0.4, -0.2) is 22.9 Å². The predicted molar refractivity (Wildman–Crippen MR) is 89.5 cm³/mol. The van der Waals surface area contributed by atoms with Gasteiger partial charge < -0.3 is 20.3 Å². The smallest absolute Gasteiger partial charge is 0.120 e. The Hall–Kier alpha value is -1.56. The highest BCUT2D eigenvalue weighted by Gasteiger charge is 2.13. The molecule has 2 rings (SSSR count). The summed E-state index contributed by atoms with van der Waals surface area (Å²) in [6.07, 6.45) is 0.178. The third kappa shape index (κ3) is 4.73. The van der Waals surface area contributed by atoms with Crippen LogP contribution in [0.25, 0.3) is 0 Å². The van der Waals surface area contributed by atoms with Gasteiger partial charge in [0.15, 0.2) is 0 Å². The van der Waals surface area contributed by atoms with E-state index in [1.807, 2.05) is 37.4 Å². The second-order valence-electron chi connectivity index (χ2n) is 5.27. The van der Waals surface area contributed by atoms with Gasteiger partial charge in [0.1, 0.15) is 11.5 Å². The zero-order chi connectivity index (χ0) is 15.9. The molecule has 5 heteroatoms. The molecule has 1 aromatic carbocycles. The van der Waals surface area contributed by atoms with Crippen molar-refractivity contribution in [2.75, 3.05) is 6.61 Å². The highest BCUT2D eigenvalue weighted by atomic mass is 32.1. The van der Waals surface area contributed by atoms with E-state index in [1.54, 1.807) is 23.5 Å². The van der Waals surface area contributed by atoms with Crippen LogP contribution in [0.1, 0.15) is 36.8 Å². The molecular formula is C17H23NO3S. The molecule has 0 bridgehead atoms. The second-order valence-corrected chi connectivity index (χ2v) is 6.25. The molecule has 22 heavy (non-hydrogen) atoms. The number of benzene rings is 1. The first-order valence-electron chi connectivity index (χ1n) is 7.49. The summed E-state index contributed by atoms with van der Waals surface area (Å²) in [6, 6.07) is 9.26. The molecule has 0 aliphatic rings. The van der Waals surface area contributed by atoms with Crippen LogP contribution in [0.4, 0.5) is 0 Å². The third-order valence-corrected chi connectivity index (χ3v) is 4.42. The van der Waals surface area contributed by atoms with Gasteiger partial charge in [-0.1, -0.05) is 6.07 Å². The maximum atomic E-state index is 10.1. The quantitative estimate of drug-likeness (QED) is 0.697. The van der Waals surface area contributed by atoms with Crippen LogP contribution in [0.3, 0.4) is 0 Å². The molecule has 4 nitrogen and oxygen atoms in total. The molecule has 0 spiro atoms. The number of hydrogen-bond acceptors (Lipinski definition) is 5. The lowest BCUT2D eigenvalue weighted by Crippen LogP contribution is -2.27. The number of rotatable bonds is 8. The number of phenols is 1. The van der Waals surface area contributed by atoms with E-state index in [9.17, 15) is 10.2 Å². The summed E-state index contributed by atoms with van der Waals surface area (Å²) in [7, 11) is 0. The van der Waals surface area contributed by atoms with E-state index in [2.05, 4.69) is 5.32 Å². The van der Waals surface area contributed by atoms with E-state index in [-0.39, 0.29) is 11.8 Å². The molecule has 0 aliphatic carbocycles. The normalized spacial score (nSPS) is 13.8. The van der Waals surface area contributed by atoms with Crippen molar-refractivity contribution in [1.82, 2.24) is 5.32 Å². The van der Waals surface area contributed by atoms with Crippen molar-refractivity contribution in [1.29, 1.82) is 0 Å². The van der Waals surface area contributed by atoms with Crippen LogP contribution in [-0.2, 0) is 6.54 Å². The first kappa shape index (κ1) is 16.8. The highest BCUT2D eigenvalue weighted by molar-refractivity contribution is 7.10. The van der Waals surface area contributed by atoms with Gasteiger partial charge in [0, 0.05) is 23.0 Å². The molecule has 1 heterocycles. The van der Waals surface area contributed by atoms with Gasteiger partial charge in [-0.3, -0.25) is 0 Å². The monoisotopic (exact) mass is 321 g/mol. The standard InChI is InChI=1S/C17H23NO3S/c1-3-21-14-6-7-15(19)13(10-14)11-18-12(2)9-16(20)17-5-4-8-22-17/h4-8,10,12,16,18-20H,3,9,11H2,1-2H3. The lowest BCUT2D eigenvalue weighted by molar-refractivity contribution is 0.157. The van der Waals surface area contributed by atoms with E-state index in [1.165, 1.54) is 0 Å². The molecule has 0 saturated heterocycles. The van der Waals surface area contributed by atoms with Crippen LogP contribution < -0.4 is 10.1 Å². The topological polar surface area (TPSA) is 61.7 Å². The molecule has 2 aromatic rings. The second kappa shape index (κ2) is 8.17. The molecule has 0 aliphatic heterocycles. The molecule has 0 fully saturated rings. The molecule has 0 radical (unpaired) electrons. The van der Waals surface area contributed by atoms with E-state index in [0.717, 1.165) is 16.2 Å². The SMILES string of the molecule is CCOc1ccc(O)c(CNC(C)CC(O)c2cccs2)c1. The number of aliphatic hydroxyl groups is 1. The molecule has 0 saturated carbocycles. The number of hydrogen-bond donors (Lipinski definition) is 3. The van der Waals surface area contributed by atoms with Crippen molar-refractivity contribution in [3.8, 4) is 11.5 Å². The number of thiophene rings is 1. The Bertz CT molecular complexity index is 571. The van der Waals surface area contributed by atoms with Crippen molar-refractivity contribution >= 4 is 11.3 Å². The lowest BCUT2D eigenvalue weighted by Gasteiger charge is -2.18. The largest absolute Gasteiger partial charge is 0.508 e. The molecule has 1 aromatic heterocycles. The van der Waals surface area contributed by atoms with E-state index < -0.39 is 6.10 Å². The third-order valence-electron chi connectivity index (χ3n) is 3.45. The minimum atomic E-state index is -0.453. The average molecular weight is 321 g/mol. The van der Waals surface area contributed by atoms with Crippen LogP contribution in [0.2, 0.25) is 0 Å². The Balaban J connectivity index is 1.88. The number of aliphatic hydroxyl groups excluding tert-OH is 1. The zero-order valence-electron chi connectivity index (χ0n) is 13.0. The summed E-state index contributed by atoms with van der Waals surface area (Å²) in [5, 5.41) is 25.3.